The highest BCUT2D eigenvalue weighted by molar-refractivity contribution is 9.10. The third-order valence-electron chi connectivity index (χ3n) is 2.85. The average Bonchev–Trinajstić information content (AvgIpc) is 2.33. The number of amidine groups is 1. The molecule has 1 N–H and O–H groups in total. The zero-order valence-corrected chi connectivity index (χ0v) is 11.2. The number of aliphatic imine (C=N–C) groups is 1. The second kappa shape index (κ2) is 5.48. The maximum Gasteiger partial charge on any atom is 0.101 e. The Hall–Kier alpha value is -0.830. The predicted molar refractivity (Wildman–Crippen MR) is 73.3 cm³/mol. The van der Waals surface area contributed by atoms with Gasteiger partial charge >= 0.3 is 0 Å². The van der Waals surface area contributed by atoms with Crippen molar-refractivity contribution in [2.24, 2.45) is 4.99 Å². The first-order valence-electron chi connectivity index (χ1n) is 5.88. The molecule has 0 aliphatic carbocycles. The van der Waals surface area contributed by atoms with Crippen LogP contribution in [-0.4, -0.2) is 12.4 Å². The van der Waals surface area contributed by atoms with Crippen LogP contribution in [0.3, 0.4) is 0 Å². The van der Waals surface area contributed by atoms with Gasteiger partial charge in [0.05, 0.1) is 0 Å². The van der Waals surface area contributed by atoms with Gasteiger partial charge in [0.1, 0.15) is 5.84 Å². The summed E-state index contributed by atoms with van der Waals surface area (Å²) in [5.41, 5.74) is 2.54. The van der Waals surface area contributed by atoms with Crippen LogP contribution < -0.4 is 5.32 Å². The molecule has 0 amide bonds. The first kappa shape index (κ1) is 11.6. The van der Waals surface area contributed by atoms with E-state index in [4.69, 9.17) is 0 Å². The van der Waals surface area contributed by atoms with E-state index >= 15 is 0 Å². The molecule has 0 saturated heterocycles. The van der Waals surface area contributed by atoms with Crippen LogP contribution in [0.15, 0.2) is 27.7 Å². The summed E-state index contributed by atoms with van der Waals surface area (Å²) >= 11 is 3.50. The minimum atomic E-state index is 0.973. The van der Waals surface area contributed by atoms with Gasteiger partial charge in [0.15, 0.2) is 0 Å². The van der Waals surface area contributed by atoms with Crippen molar-refractivity contribution in [1.82, 2.24) is 0 Å². The van der Waals surface area contributed by atoms with E-state index in [1.807, 2.05) is 0 Å². The molecule has 16 heavy (non-hydrogen) atoms. The Bertz CT molecular complexity index is 399. The Balaban J connectivity index is 2.17. The van der Waals surface area contributed by atoms with E-state index in [2.05, 4.69) is 51.4 Å². The summed E-state index contributed by atoms with van der Waals surface area (Å²) in [5, 5.41) is 3.46. The molecule has 3 heteroatoms. The smallest absolute Gasteiger partial charge is 0.101 e. The van der Waals surface area contributed by atoms with Gasteiger partial charge in [-0.15, -0.1) is 0 Å². The third-order valence-corrected chi connectivity index (χ3v) is 3.34. The van der Waals surface area contributed by atoms with Crippen LogP contribution in [0.25, 0.3) is 0 Å². The molecule has 0 spiro atoms. The third kappa shape index (κ3) is 2.85. The zero-order chi connectivity index (χ0) is 11.4. The van der Waals surface area contributed by atoms with E-state index in [1.165, 1.54) is 24.1 Å². The van der Waals surface area contributed by atoms with Gasteiger partial charge in [-0.3, -0.25) is 4.99 Å². The lowest BCUT2D eigenvalue weighted by atomic mass is 10.1. The Morgan fingerprint density at radius 2 is 2.25 bits per heavy atom. The van der Waals surface area contributed by atoms with Crippen LogP contribution >= 0.6 is 15.9 Å². The highest BCUT2D eigenvalue weighted by Crippen LogP contribution is 2.22. The minimum Gasteiger partial charge on any atom is -0.344 e. The number of benzene rings is 1. The number of nitrogens with zero attached hydrogens (tertiary/aromatic N) is 1. The monoisotopic (exact) mass is 280 g/mol. The Kier molecular flexibility index (Phi) is 3.99. The fourth-order valence-electron chi connectivity index (χ4n) is 1.93. The molecule has 1 aliphatic heterocycles. The molecule has 0 atom stereocenters. The highest BCUT2D eigenvalue weighted by atomic mass is 79.9. The number of rotatable bonds is 2. The lowest BCUT2D eigenvalue weighted by Crippen LogP contribution is -2.17. The van der Waals surface area contributed by atoms with E-state index < -0.39 is 0 Å². The minimum absolute atomic E-state index is 0.973. The van der Waals surface area contributed by atoms with Crippen LogP contribution in [0.4, 0.5) is 5.69 Å². The number of hydrogen-bond donors (Lipinski definition) is 1. The van der Waals surface area contributed by atoms with Gasteiger partial charge in [0.25, 0.3) is 0 Å². The molecule has 1 aliphatic rings. The van der Waals surface area contributed by atoms with Gasteiger partial charge in [-0.05, 0) is 43.0 Å². The Morgan fingerprint density at radius 3 is 2.94 bits per heavy atom. The van der Waals surface area contributed by atoms with Crippen molar-refractivity contribution < 1.29 is 0 Å². The van der Waals surface area contributed by atoms with Crippen LogP contribution in [0, 0.1) is 0 Å². The predicted octanol–water partition coefficient (Wildman–Crippen LogP) is 4.01. The SMILES string of the molecule is CCc1cc(Br)ccc1NC1=NCCCC1. The summed E-state index contributed by atoms with van der Waals surface area (Å²) < 4.78 is 1.14. The van der Waals surface area contributed by atoms with E-state index in [0.717, 1.165) is 29.7 Å². The van der Waals surface area contributed by atoms with Gasteiger partial charge in [0, 0.05) is 23.1 Å². The molecule has 0 fully saturated rings. The van der Waals surface area contributed by atoms with Crippen molar-refractivity contribution in [2.45, 2.75) is 32.6 Å². The molecule has 1 heterocycles. The number of halogens is 1. The van der Waals surface area contributed by atoms with E-state index in [0.29, 0.717) is 0 Å². The van der Waals surface area contributed by atoms with Gasteiger partial charge < -0.3 is 5.32 Å². The summed E-state index contributed by atoms with van der Waals surface area (Å²) in [6.45, 7) is 3.15. The van der Waals surface area contributed by atoms with Crippen LogP contribution in [0.1, 0.15) is 31.7 Å². The molecule has 1 aromatic rings. The van der Waals surface area contributed by atoms with Crippen molar-refractivity contribution in [2.75, 3.05) is 11.9 Å². The lowest BCUT2D eigenvalue weighted by Gasteiger charge is -2.16. The number of nitrogens with one attached hydrogen (secondary N) is 1. The second-order valence-corrected chi connectivity index (χ2v) is 4.98. The van der Waals surface area contributed by atoms with Crippen molar-refractivity contribution in [3.8, 4) is 0 Å². The second-order valence-electron chi connectivity index (χ2n) is 4.07. The maximum absolute atomic E-state index is 4.52. The summed E-state index contributed by atoms with van der Waals surface area (Å²) in [5.74, 6) is 1.14. The topological polar surface area (TPSA) is 24.4 Å². The van der Waals surface area contributed by atoms with E-state index in [9.17, 15) is 0 Å². The van der Waals surface area contributed by atoms with Crippen molar-refractivity contribution in [3.05, 3.63) is 28.2 Å². The van der Waals surface area contributed by atoms with Crippen LogP contribution in [-0.2, 0) is 6.42 Å². The number of hydrogen-bond acceptors (Lipinski definition) is 2. The molecule has 0 bridgehead atoms. The van der Waals surface area contributed by atoms with E-state index in [1.54, 1.807) is 0 Å². The summed E-state index contributed by atoms with van der Waals surface area (Å²) in [7, 11) is 0. The molecule has 86 valence electrons. The standard InChI is InChI=1S/C13H17BrN2/c1-2-10-9-11(14)6-7-12(10)16-13-5-3-4-8-15-13/h6-7,9H,2-5,8H2,1H3,(H,15,16). The van der Waals surface area contributed by atoms with E-state index in [-0.39, 0.29) is 0 Å². The number of anilines is 1. The Labute approximate surface area is 105 Å². The first-order chi connectivity index (χ1) is 7.79. The Morgan fingerprint density at radius 1 is 1.38 bits per heavy atom. The van der Waals surface area contributed by atoms with Crippen LogP contribution in [0.2, 0.25) is 0 Å². The van der Waals surface area contributed by atoms with Crippen molar-refractivity contribution >= 4 is 27.5 Å². The average molecular weight is 281 g/mol. The van der Waals surface area contributed by atoms with Gasteiger partial charge in [-0.2, -0.15) is 0 Å². The molecule has 0 unspecified atom stereocenters. The highest BCUT2D eigenvalue weighted by Gasteiger charge is 2.07. The quantitative estimate of drug-likeness (QED) is 0.870. The fourth-order valence-corrected chi connectivity index (χ4v) is 2.34. The summed E-state index contributed by atoms with van der Waals surface area (Å²) in [6, 6.07) is 6.37. The molecule has 0 radical (unpaired) electrons. The molecule has 0 saturated carbocycles. The lowest BCUT2D eigenvalue weighted by molar-refractivity contribution is 0.737. The summed E-state index contributed by atoms with van der Waals surface area (Å²) in [4.78, 5) is 4.52. The summed E-state index contributed by atoms with van der Waals surface area (Å²) in [6.07, 6.45) is 4.60. The van der Waals surface area contributed by atoms with Crippen LogP contribution in [0.5, 0.6) is 0 Å². The molecule has 1 aromatic carbocycles. The van der Waals surface area contributed by atoms with Gasteiger partial charge in [0.2, 0.25) is 0 Å². The molecule has 2 nitrogen and oxygen atoms in total. The maximum atomic E-state index is 4.52. The van der Waals surface area contributed by atoms with Crippen molar-refractivity contribution in [3.63, 3.8) is 0 Å². The molecule has 2 rings (SSSR count). The normalized spacial score (nSPS) is 15.8. The zero-order valence-electron chi connectivity index (χ0n) is 9.59. The fraction of sp³-hybridized carbons (Fsp3) is 0.462. The van der Waals surface area contributed by atoms with Crippen molar-refractivity contribution in [1.29, 1.82) is 0 Å². The molecule has 0 aromatic heterocycles. The largest absolute Gasteiger partial charge is 0.344 e. The molecular formula is C13H17BrN2. The van der Waals surface area contributed by atoms with Gasteiger partial charge in [-0.25, -0.2) is 0 Å². The number of aryl methyl sites for hydroxylation is 1. The molecular weight excluding hydrogens is 264 g/mol. The first-order valence-corrected chi connectivity index (χ1v) is 6.67. The van der Waals surface area contributed by atoms with Gasteiger partial charge in [-0.1, -0.05) is 22.9 Å².